The molecule has 144 valence electrons. The molecule has 0 aliphatic carbocycles. The second kappa shape index (κ2) is 9.50. The lowest BCUT2D eigenvalue weighted by Gasteiger charge is -2.08. The number of hydrogen-bond donors (Lipinski definition) is 2. The molecule has 0 saturated carbocycles. The smallest absolute Gasteiger partial charge is 0.240 e. The lowest BCUT2D eigenvalue weighted by molar-refractivity contribution is -0.305. The standard InChI is InChI=1S/C18H20ClN3O4S/c1-13(21-22-16-5-2-4-15(19)12-16)14-7-9-17(10-8-14)27(25,26)20-11-3-6-18(23)24/h2,4-5,7-10,12,20,22H,3,6,11H2,1H3,(H,23,24)/p-1/b21-13-. The van der Waals surface area contributed by atoms with E-state index in [1.165, 1.54) is 12.1 Å². The van der Waals surface area contributed by atoms with Crippen molar-refractivity contribution in [1.82, 2.24) is 4.72 Å². The summed E-state index contributed by atoms with van der Waals surface area (Å²) < 4.78 is 26.7. The number of sulfonamides is 1. The van der Waals surface area contributed by atoms with Crippen LogP contribution in [0.1, 0.15) is 25.3 Å². The van der Waals surface area contributed by atoms with E-state index >= 15 is 0 Å². The zero-order valence-corrected chi connectivity index (χ0v) is 16.2. The molecule has 0 fully saturated rings. The third-order valence-corrected chi connectivity index (χ3v) is 5.32. The number of nitrogens with one attached hydrogen (secondary N) is 2. The largest absolute Gasteiger partial charge is 0.550 e. The number of rotatable bonds is 9. The van der Waals surface area contributed by atoms with E-state index in [1.54, 1.807) is 37.3 Å². The summed E-state index contributed by atoms with van der Waals surface area (Å²) in [6.07, 6.45) is -0.0304. The SMILES string of the molecule is C/C(=N/Nc1cccc(Cl)c1)c1ccc(S(=O)(=O)NCCCC(=O)[O-])cc1. The number of aliphatic carboxylic acids is 1. The molecule has 2 rings (SSSR count). The fourth-order valence-corrected chi connectivity index (χ4v) is 3.43. The number of anilines is 1. The fraction of sp³-hybridized carbons (Fsp3) is 0.222. The van der Waals surface area contributed by atoms with Crippen molar-refractivity contribution in [3.63, 3.8) is 0 Å². The summed E-state index contributed by atoms with van der Waals surface area (Å²) in [6, 6.07) is 13.3. The Hall–Kier alpha value is -2.42. The summed E-state index contributed by atoms with van der Waals surface area (Å²) in [5.41, 5.74) is 5.05. The first-order valence-corrected chi connectivity index (χ1v) is 10.00. The molecule has 27 heavy (non-hydrogen) atoms. The molecule has 0 aromatic heterocycles. The van der Waals surface area contributed by atoms with Crippen molar-refractivity contribution in [2.45, 2.75) is 24.7 Å². The number of carbonyl (C=O) groups excluding carboxylic acids is 1. The van der Waals surface area contributed by atoms with Crippen molar-refractivity contribution in [2.24, 2.45) is 5.10 Å². The molecule has 0 atom stereocenters. The summed E-state index contributed by atoms with van der Waals surface area (Å²) in [4.78, 5) is 10.4. The molecule has 0 unspecified atom stereocenters. The first-order chi connectivity index (χ1) is 12.8. The fourth-order valence-electron chi connectivity index (χ4n) is 2.17. The number of carboxylic acids is 1. The maximum atomic E-state index is 12.2. The van der Waals surface area contributed by atoms with Gasteiger partial charge < -0.3 is 9.90 Å². The summed E-state index contributed by atoms with van der Waals surface area (Å²) >= 11 is 5.91. The molecular formula is C18H19ClN3O4S-. The van der Waals surface area contributed by atoms with Crippen LogP contribution in [0, 0.1) is 0 Å². The van der Waals surface area contributed by atoms with Crippen molar-refractivity contribution in [2.75, 3.05) is 12.0 Å². The van der Waals surface area contributed by atoms with E-state index in [1.807, 2.05) is 6.07 Å². The molecule has 2 aromatic carbocycles. The van der Waals surface area contributed by atoms with Gasteiger partial charge in [0, 0.05) is 17.5 Å². The van der Waals surface area contributed by atoms with Crippen LogP contribution in [0.4, 0.5) is 5.69 Å². The van der Waals surface area contributed by atoms with Crippen LogP contribution in [-0.4, -0.2) is 26.6 Å². The van der Waals surface area contributed by atoms with E-state index in [4.69, 9.17) is 11.6 Å². The molecule has 0 aliphatic rings. The van der Waals surface area contributed by atoms with Crippen LogP contribution < -0.4 is 15.3 Å². The Balaban J connectivity index is 2.00. The Morgan fingerprint density at radius 3 is 2.52 bits per heavy atom. The number of benzene rings is 2. The van der Waals surface area contributed by atoms with Gasteiger partial charge in [-0.2, -0.15) is 5.10 Å². The normalized spacial score (nSPS) is 12.0. The second-order valence-corrected chi connectivity index (χ2v) is 7.92. The van der Waals surface area contributed by atoms with Crippen molar-refractivity contribution in [3.8, 4) is 0 Å². The Morgan fingerprint density at radius 1 is 1.19 bits per heavy atom. The van der Waals surface area contributed by atoms with Crippen molar-refractivity contribution >= 4 is 39.0 Å². The molecular weight excluding hydrogens is 390 g/mol. The van der Waals surface area contributed by atoms with Gasteiger partial charge in [0.25, 0.3) is 0 Å². The highest BCUT2D eigenvalue weighted by Gasteiger charge is 2.13. The highest BCUT2D eigenvalue weighted by Crippen LogP contribution is 2.16. The van der Waals surface area contributed by atoms with E-state index in [2.05, 4.69) is 15.2 Å². The maximum absolute atomic E-state index is 12.2. The van der Waals surface area contributed by atoms with E-state index < -0.39 is 16.0 Å². The number of carbonyl (C=O) groups is 1. The molecule has 0 heterocycles. The first-order valence-electron chi connectivity index (χ1n) is 8.14. The minimum absolute atomic E-state index is 0.0299. The minimum atomic E-state index is -3.69. The van der Waals surface area contributed by atoms with Crippen LogP contribution >= 0.6 is 11.6 Å². The van der Waals surface area contributed by atoms with Crippen LogP contribution in [0.5, 0.6) is 0 Å². The van der Waals surface area contributed by atoms with Gasteiger partial charge in [0.2, 0.25) is 10.0 Å². The quantitative estimate of drug-likeness (QED) is 0.374. The van der Waals surface area contributed by atoms with Gasteiger partial charge >= 0.3 is 0 Å². The Morgan fingerprint density at radius 2 is 1.89 bits per heavy atom. The van der Waals surface area contributed by atoms with Gasteiger partial charge in [0.05, 0.1) is 16.3 Å². The van der Waals surface area contributed by atoms with Crippen molar-refractivity contribution in [3.05, 3.63) is 59.1 Å². The van der Waals surface area contributed by atoms with Crippen LogP contribution in [0.2, 0.25) is 5.02 Å². The lowest BCUT2D eigenvalue weighted by atomic mass is 10.1. The van der Waals surface area contributed by atoms with Crippen LogP contribution in [0.3, 0.4) is 0 Å². The number of halogens is 1. The highest BCUT2D eigenvalue weighted by molar-refractivity contribution is 7.89. The third-order valence-electron chi connectivity index (χ3n) is 3.61. The third kappa shape index (κ3) is 6.67. The zero-order chi connectivity index (χ0) is 19.9. The number of nitrogens with zero attached hydrogens (tertiary/aromatic N) is 1. The second-order valence-electron chi connectivity index (χ2n) is 5.72. The molecule has 0 spiro atoms. The monoisotopic (exact) mass is 408 g/mol. The van der Waals surface area contributed by atoms with E-state index in [0.717, 1.165) is 11.3 Å². The van der Waals surface area contributed by atoms with Crippen LogP contribution in [-0.2, 0) is 14.8 Å². The van der Waals surface area contributed by atoms with Crippen LogP contribution in [0.15, 0.2) is 58.5 Å². The van der Waals surface area contributed by atoms with Gasteiger partial charge in [-0.05, 0) is 55.7 Å². The minimum Gasteiger partial charge on any atom is -0.550 e. The molecule has 0 saturated heterocycles. The maximum Gasteiger partial charge on any atom is 0.240 e. The molecule has 0 radical (unpaired) electrons. The average Bonchev–Trinajstić information content (AvgIpc) is 2.63. The molecule has 7 nitrogen and oxygen atoms in total. The van der Waals surface area contributed by atoms with Crippen molar-refractivity contribution < 1.29 is 18.3 Å². The predicted octanol–water partition coefficient (Wildman–Crippen LogP) is 1.98. The van der Waals surface area contributed by atoms with Crippen LogP contribution in [0.25, 0.3) is 0 Å². The zero-order valence-electron chi connectivity index (χ0n) is 14.6. The molecule has 9 heteroatoms. The lowest BCUT2D eigenvalue weighted by Crippen LogP contribution is -2.27. The molecule has 0 bridgehead atoms. The van der Waals surface area contributed by atoms with Gasteiger partial charge in [0.1, 0.15) is 0 Å². The topological polar surface area (TPSA) is 111 Å². The van der Waals surface area contributed by atoms with Gasteiger partial charge in [-0.15, -0.1) is 0 Å². The first kappa shape index (κ1) is 20.9. The van der Waals surface area contributed by atoms with Gasteiger partial charge in [-0.25, -0.2) is 13.1 Å². The Labute approximate surface area is 163 Å². The Kier molecular flexibility index (Phi) is 7.35. The molecule has 2 aromatic rings. The van der Waals surface area contributed by atoms with E-state index in [-0.39, 0.29) is 24.3 Å². The molecule has 2 N–H and O–H groups in total. The summed E-state index contributed by atoms with van der Waals surface area (Å²) in [6.45, 7) is 1.82. The highest BCUT2D eigenvalue weighted by atomic mass is 35.5. The van der Waals surface area contributed by atoms with Gasteiger partial charge in [0.15, 0.2) is 0 Å². The predicted molar refractivity (Wildman–Crippen MR) is 103 cm³/mol. The van der Waals surface area contributed by atoms with Gasteiger partial charge in [-0.1, -0.05) is 29.8 Å². The van der Waals surface area contributed by atoms with E-state index in [9.17, 15) is 18.3 Å². The van der Waals surface area contributed by atoms with Crippen molar-refractivity contribution in [1.29, 1.82) is 0 Å². The molecule has 0 aliphatic heterocycles. The summed E-state index contributed by atoms with van der Waals surface area (Å²) in [7, 11) is -3.69. The summed E-state index contributed by atoms with van der Waals surface area (Å²) in [5, 5.41) is 15.2. The van der Waals surface area contributed by atoms with Gasteiger partial charge in [-0.3, -0.25) is 5.43 Å². The summed E-state index contributed by atoms with van der Waals surface area (Å²) in [5.74, 6) is -1.21. The number of hydrogen-bond acceptors (Lipinski definition) is 6. The molecule has 0 amide bonds. The Bertz CT molecular complexity index is 928. The number of carboxylic acid groups (broad SMARTS) is 1. The van der Waals surface area contributed by atoms with E-state index in [0.29, 0.717) is 10.7 Å². The number of hydrazone groups is 1. The average molecular weight is 409 g/mol.